The van der Waals surface area contributed by atoms with E-state index in [1.54, 1.807) is 30.5 Å². The van der Waals surface area contributed by atoms with Gasteiger partial charge in [0.2, 0.25) is 0 Å². The van der Waals surface area contributed by atoms with Crippen LogP contribution < -0.4 is 4.72 Å². The van der Waals surface area contributed by atoms with Gasteiger partial charge >= 0.3 is 0 Å². The van der Waals surface area contributed by atoms with E-state index < -0.39 is 0 Å². The second-order valence-electron chi connectivity index (χ2n) is 5.42. The summed E-state index contributed by atoms with van der Waals surface area (Å²) in [5, 5.41) is 0.488. The summed E-state index contributed by atoms with van der Waals surface area (Å²) >= 11 is 1.42. The average molecular weight is 329 g/mol. The first-order valence-corrected chi connectivity index (χ1v) is 7.91. The first kappa shape index (κ1) is 14.4. The third-order valence-electron chi connectivity index (χ3n) is 4.01. The van der Waals surface area contributed by atoms with Gasteiger partial charge in [0.25, 0.3) is 0 Å². The van der Waals surface area contributed by atoms with E-state index in [4.69, 9.17) is 0 Å². The van der Waals surface area contributed by atoms with Gasteiger partial charge < -0.3 is 4.72 Å². The highest BCUT2D eigenvalue weighted by atomic mass is 32.2. The molecule has 0 saturated carbocycles. The Morgan fingerprint density at radius 1 is 1.17 bits per heavy atom. The molecule has 0 amide bonds. The van der Waals surface area contributed by atoms with Crippen molar-refractivity contribution >= 4 is 28.7 Å². The summed E-state index contributed by atoms with van der Waals surface area (Å²) in [6, 6.07) is 11.1. The van der Waals surface area contributed by atoms with Gasteiger partial charge in [-0.15, -0.1) is 0 Å². The van der Waals surface area contributed by atoms with Crippen molar-refractivity contribution in [2.24, 2.45) is 0 Å². The lowest BCUT2D eigenvalue weighted by Gasteiger charge is -2.34. The summed E-state index contributed by atoms with van der Waals surface area (Å²) < 4.78 is 32.9. The third-order valence-corrected chi connectivity index (χ3v) is 4.80. The Hall–Kier alpha value is -2.18. The van der Waals surface area contributed by atoms with E-state index in [-0.39, 0.29) is 17.7 Å². The van der Waals surface area contributed by atoms with E-state index >= 15 is 0 Å². The molecule has 1 unspecified atom stereocenters. The van der Waals surface area contributed by atoms with Crippen LogP contribution in [-0.2, 0) is 0 Å². The lowest BCUT2D eigenvalue weighted by Crippen LogP contribution is -2.26. The molecule has 116 valence electrons. The number of pyridine rings is 1. The van der Waals surface area contributed by atoms with Gasteiger partial charge in [-0.1, -0.05) is 12.1 Å². The van der Waals surface area contributed by atoms with Crippen LogP contribution in [0.15, 0.2) is 48.7 Å². The molecular formula is C17H13F2N3S. The molecule has 3 nitrogen and oxygen atoms in total. The number of halogens is 2. The first-order valence-electron chi connectivity index (χ1n) is 7.13. The molecule has 1 N–H and O–H groups in total. The topological polar surface area (TPSA) is 28.2 Å². The number of nitrogens with zero attached hydrogens (tertiary/aromatic N) is 2. The minimum atomic E-state index is -0.305. The van der Waals surface area contributed by atoms with E-state index in [0.29, 0.717) is 10.9 Å². The van der Waals surface area contributed by atoms with Crippen LogP contribution in [0.4, 0.5) is 14.5 Å². The van der Waals surface area contributed by atoms with Crippen molar-refractivity contribution in [2.75, 3.05) is 11.8 Å². The number of hydrogen-bond acceptors (Lipinski definition) is 4. The fraction of sp³-hybridized carbons (Fsp3) is 0.118. The molecule has 0 radical (unpaired) electrons. The zero-order valence-electron chi connectivity index (χ0n) is 12.3. The molecule has 4 rings (SSSR count). The molecule has 3 aromatic rings. The molecule has 6 heteroatoms. The Balaban J connectivity index is 1.96. The zero-order valence-corrected chi connectivity index (χ0v) is 13.1. The molecule has 0 saturated heterocycles. The molecular weight excluding hydrogens is 316 g/mol. The summed E-state index contributed by atoms with van der Waals surface area (Å²) in [6.45, 7) is 0. The number of aromatic nitrogens is 1. The van der Waals surface area contributed by atoms with Crippen LogP contribution in [0.5, 0.6) is 0 Å². The van der Waals surface area contributed by atoms with Gasteiger partial charge in [-0.2, -0.15) is 0 Å². The van der Waals surface area contributed by atoms with Crippen LogP contribution in [0.25, 0.3) is 10.9 Å². The fourth-order valence-corrected chi connectivity index (χ4v) is 3.73. The molecule has 2 aromatic carbocycles. The van der Waals surface area contributed by atoms with Crippen LogP contribution in [0.2, 0.25) is 0 Å². The zero-order chi connectivity index (χ0) is 16.0. The van der Waals surface area contributed by atoms with Crippen molar-refractivity contribution in [3.8, 4) is 0 Å². The Kier molecular flexibility index (Phi) is 3.43. The minimum Gasteiger partial charge on any atom is -0.314 e. The maximum absolute atomic E-state index is 14.5. The number of nitrogens with one attached hydrogen (secondary N) is 1. The van der Waals surface area contributed by atoms with Crippen molar-refractivity contribution < 1.29 is 8.78 Å². The third kappa shape index (κ3) is 2.34. The second kappa shape index (κ2) is 5.47. The highest BCUT2D eigenvalue weighted by Gasteiger charge is 2.30. The summed E-state index contributed by atoms with van der Waals surface area (Å²) in [6.07, 6.45) is 1.65. The fourth-order valence-electron chi connectivity index (χ4n) is 2.94. The summed E-state index contributed by atoms with van der Waals surface area (Å²) in [5.74, 6) is -0.592. The van der Waals surface area contributed by atoms with E-state index in [2.05, 4.69) is 9.71 Å². The van der Waals surface area contributed by atoms with Crippen LogP contribution >= 0.6 is 12.1 Å². The number of anilines is 1. The van der Waals surface area contributed by atoms with Gasteiger partial charge in [-0.25, -0.2) is 13.1 Å². The first-order chi connectivity index (χ1) is 11.1. The molecule has 0 fully saturated rings. The predicted octanol–water partition coefficient (Wildman–Crippen LogP) is 4.52. The average Bonchev–Trinajstić information content (AvgIpc) is 2.56. The molecule has 0 spiro atoms. The van der Waals surface area contributed by atoms with Gasteiger partial charge in [-0.3, -0.25) is 4.98 Å². The largest absolute Gasteiger partial charge is 0.314 e. The molecule has 23 heavy (non-hydrogen) atoms. The Morgan fingerprint density at radius 2 is 1.96 bits per heavy atom. The molecule has 0 aliphatic carbocycles. The summed E-state index contributed by atoms with van der Waals surface area (Å²) in [5.41, 5.74) is 3.11. The molecule has 1 aliphatic rings. The molecule has 1 atom stereocenters. The summed E-state index contributed by atoms with van der Waals surface area (Å²) in [7, 11) is 1.91. The van der Waals surface area contributed by atoms with E-state index in [0.717, 1.165) is 16.8 Å². The highest BCUT2D eigenvalue weighted by Crippen LogP contribution is 2.44. The van der Waals surface area contributed by atoms with Crippen molar-refractivity contribution in [3.63, 3.8) is 0 Å². The molecule has 2 heterocycles. The van der Waals surface area contributed by atoms with Gasteiger partial charge in [0.15, 0.2) is 0 Å². The van der Waals surface area contributed by atoms with E-state index in [9.17, 15) is 8.78 Å². The highest BCUT2D eigenvalue weighted by molar-refractivity contribution is 7.98. The van der Waals surface area contributed by atoms with Gasteiger partial charge in [0.05, 0.1) is 17.2 Å². The molecule has 0 bridgehead atoms. The van der Waals surface area contributed by atoms with E-state index in [1.165, 1.54) is 30.3 Å². The lowest BCUT2D eigenvalue weighted by atomic mass is 9.95. The summed E-state index contributed by atoms with van der Waals surface area (Å²) in [4.78, 5) is 4.33. The monoisotopic (exact) mass is 329 g/mol. The van der Waals surface area contributed by atoms with Crippen LogP contribution in [-0.4, -0.2) is 16.3 Å². The van der Waals surface area contributed by atoms with Crippen LogP contribution in [0, 0.1) is 11.6 Å². The Labute approximate surface area is 136 Å². The molecule has 1 aromatic heterocycles. The quantitative estimate of drug-likeness (QED) is 0.664. The van der Waals surface area contributed by atoms with Gasteiger partial charge in [0, 0.05) is 36.3 Å². The van der Waals surface area contributed by atoms with Gasteiger partial charge in [0.1, 0.15) is 11.6 Å². The number of fused-ring (bicyclic) bond motifs is 3. The van der Waals surface area contributed by atoms with Gasteiger partial charge in [-0.05, 0) is 35.9 Å². The predicted molar refractivity (Wildman–Crippen MR) is 88.9 cm³/mol. The van der Waals surface area contributed by atoms with E-state index in [1.807, 2.05) is 11.4 Å². The van der Waals surface area contributed by atoms with Crippen LogP contribution in [0.1, 0.15) is 17.2 Å². The SMILES string of the molecule is CN1SNc2c(cc(F)c3cccnc23)C1c1ccc(F)cc1. The maximum atomic E-state index is 14.5. The number of rotatable bonds is 1. The number of hydrogen-bond donors (Lipinski definition) is 1. The second-order valence-corrected chi connectivity index (χ2v) is 6.38. The number of benzene rings is 2. The normalized spacial score (nSPS) is 17.8. The van der Waals surface area contributed by atoms with Crippen molar-refractivity contribution in [1.82, 2.24) is 9.29 Å². The smallest absolute Gasteiger partial charge is 0.133 e. The minimum absolute atomic E-state index is 0.183. The lowest BCUT2D eigenvalue weighted by molar-refractivity contribution is 0.476. The van der Waals surface area contributed by atoms with Crippen molar-refractivity contribution in [1.29, 1.82) is 0 Å². The van der Waals surface area contributed by atoms with Crippen LogP contribution in [0.3, 0.4) is 0 Å². The van der Waals surface area contributed by atoms with Crippen molar-refractivity contribution in [2.45, 2.75) is 6.04 Å². The standard InChI is InChI=1S/C17H13F2N3S/c1-22-17(10-4-6-11(18)7-5-10)13-9-14(19)12-3-2-8-20-15(12)16(13)21-23-22/h2-9,17,21H,1H3. The Morgan fingerprint density at radius 3 is 2.74 bits per heavy atom. The van der Waals surface area contributed by atoms with Crippen molar-refractivity contribution in [3.05, 3.63) is 71.4 Å². The Bertz CT molecular complexity index is 883. The molecule has 1 aliphatic heterocycles. The maximum Gasteiger partial charge on any atom is 0.133 e.